The van der Waals surface area contributed by atoms with E-state index in [2.05, 4.69) is 138 Å². The Labute approximate surface area is 249 Å². The van der Waals surface area contributed by atoms with Crippen molar-refractivity contribution in [2.24, 2.45) is 0 Å². The van der Waals surface area contributed by atoms with Gasteiger partial charge in [0.1, 0.15) is 5.52 Å². The van der Waals surface area contributed by atoms with E-state index in [-0.39, 0.29) is 0 Å². The van der Waals surface area contributed by atoms with Gasteiger partial charge in [-0.2, -0.15) is 0 Å². The zero-order valence-corrected chi connectivity index (χ0v) is 23.7. The third-order valence-electron chi connectivity index (χ3n) is 8.77. The molecule has 0 spiro atoms. The topological polar surface area (TPSA) is 31.0 Å². The van der Waals surface area contributed by atoms with Crippen LogP contribution in [0.25, 0.3) is 91.8 Å². The van der Waals surface area contributed by atoms with Crippen LogP contribution in [0.1, 0.15) is 0 Å². The van der Waals surface area contributed by atoms with Crippen molar-refractivity contribution in [1.29, 1.82) is 0 Å². The van der Waals surface area contributed by atoms with Crippen LogP contribution < -0.4 is 0 Å². The number of rotatable bonds is 2. The van der Waals surface area contributed by atoms with Crippen molar-refractivity contribution in [1.82, 2.24) is 9.55 Å². The van der Waals surface area contributed by atoms with Crippen LogP contribution in [-0.2, 0) is 0 Å². The Hall–Kier alpha value is -5.45. The van der Waals surface area contributed by atoms with Crippen molar-refractivity contribution in [2.45, 2.75) is 0 Å². The Morgan fingerprint density at radius 2 is 1.14 bits per heavy atom. The fourth-order valence-electron chi connectivity index (χ4n) is 6.74. The van der Waals surface area contributed by atoms with Crippen molar-refractivity contribution in [3.63, 3.8) is 0 Å². The molecule has 200 valence electrons. The second-order valence-electron chi connectivity index (χ2n) is 11.2. The SMILES string of the molecule is c1ccc2cc3c(cc2c1)c1cc2ccccc2cc1n3-c1ccc(-c2nc3ccc4sc5ccccc5c4c3o2)cc1. The summed E-state index contributed by atoms with van der Waals surface area (Å²) in [7, 11) is 0. The number of benzene rings is 7. The molecule has 0 aliphatic rings. The van der Waals surface area contributed by atoms with Crippen LogP contribution in [-0.4, -0.2) is 9.55 Å². The predicted octanol–water partition coefficient (Wildman–Crippen LogP) is 11.3. The minimum Gasteiger partial charge on any atom is -0.435 e. The largest absolute Gasteiger partial charge is 0.435 e. The Bertz CT molecular complexity index is 2630. The fraction of sp³-hybridized carbons (Fsp3) is 0. The number of oxazole rings is 1. The van der Waals surface area contributed by atoms with E-state index in [1.807, 2.05) is 0 Å². The van der Waals surface area contributed by atoms with Gasteiger partial charge in [-0.1, -0.05) is 66.7 Å². The van der Waals surface area contributed by atoms with Crippen molar-refractivity contribution in [3.05, 3.63) is 133 Å². The van der Waals surface area contributed by atoms with Gasteiger partial charge in [0.05, 0.1) is 11.0 Å². The van der Waals surface area contributed by atoms with E-state index in [4.69, 9.17) is 9.40 Å². The highest BCUT2D eigenvalue weighted by molar-refractivity contribution is 7.26. The van der Waals surface area contributed by atoms with Crippen LogP contribution in [0.3, 0.4) is 0 Å². The number of thiophene rings is 1. The molecule has 4 heteroatoms. The lowest BCUT2D eigenvalue weighted by Crippen LogP contribution is -1.94. The van der Waals surface area contributed by atoms with E-state index < -0.39 is 0 Å². The molecule has 0 radical (unpaired) electrons. The number of aromatic nitrogens is 2. The maximum absolute atomic E-state index is 6.49. The summed E-state index contributed by atoms with van der Waals surface area (Å²) in [5.74, 6) is 0.642. The Morgan fingerprint density at radius 3 is 1.81 bits per heavy atom. The van der Waals surface area contributed by atoms with Crippen LogP contribution in [0.15, 0.2) is 138 Å². The molecule has 3 aromatic heterocycles. The zero-order valence-electron chi connectivity index (χ0n) is 22.9. The highest BCUT2D eigenvalue weighted by Gasteiger charge is 2.17. The molecule has 10 aromatic rings. The number of hydrogen-bond acceptors (Lipinski definition) is 3. The van der Waals surface area contributed by atoms with Gasteiger partial charge >= 0.3 is 0 Å². The molecule has 0 fully saturated rings. The third kappa shape index (κ3) is 3.33. The normalized spacial score (nSPS) is 12.2. The molecule has 43 heavy (non-hydrogen) atoms. The average molecular weight is 567 g/mol. The molecule has 0 aliphatic heterocycles. The summed E-state index contributed by atoms with van der Waals surface area (Å²) in [5, 5.41) is 9.86. The summed E-state index contributed by atoms with van der Waals surface area (Å²) in [4.78, 5) is 4.91. The minimum absolute atomic E-state index is 0.642. The molecular formula is C39H22N2OS. The van der Waals surface area contributed by atoms with Gasteiger partial charge in [-0.3, -0.25) is 0 Å². The van der Waals surface area contributed by atoms with Gasteiger partial charge in [0.15, 0.2) is 5.58 Å². The number of nitrogens with zero attached hydrogens (tertiary/aromatic N) is 2. The van der Waals surface area contributed by atoms with Gasteiger partial charge in [-0.05, 0) is 88.3 Å². The summed E-state index contributed by atoms with van der Waals surface area (Å²) in [6.45, 7) is 0. The van der Waals surface area contributed by atoms with Crippen LogP contribution in [0.5, 0.6) is 0 Å². The van der Waals surface area contributed by atoms with Gasteiger partial charge < -0.3 is 8.98 Å². The fourth-order valence-corrected chi connectivity index (χ4v) is 7.84. The predicted molar refractivity (Wildman–Crippen MR) is 182 cm³/mol. The van der Waals surface area contributed by atoms with Crippen molar-refractivity contribution < 1.29 is 4.42 Å². The Balaban J connectivity index is 1.17. The molecule has 10 rings (SSSR count). The lowest BCUT2D eigenvalue weighted by Gasteiger charge is -2.09. The summed E-state index contributed by atoms with van der Waals surface area (Å²) in [6.07, 6.45) is 0. The zero-order chi connectivity index (χ0) is 28.1. The average Bonchev–Trinajstić information content (AvgIpc) is 3.74. The van der Waals surface area contributed by atoms with E-state index in [0.717, 1.165) is 27.7 Å². The maximum Gasteiger partial charge on any atom is 0.227 e. The second kappa shape index (κ2) is 8.54. The first-order chi connectivity index (χ1) is 21.3. The van der Waals surface area contributed by atoms with E-state index in [1.54, 1.807) is 11.3 Å². The molecule has 0 unspecified atom stereocenters. The molecule has 0 N–H and O–H groups in total. The molecule has 7 aromatic carbocycles. The molecular weight excluding hydrogens is 545 g/mol. The first-order valence-electron chi connectivity index (χ1n) is 14.5. The minimum atomic E-state index is 0.642. The van der Waals surface area contributed by atoms with Crippen LogP contribution in [0.4, 0.5) is 0 Å². The Morgan fingerprint density at radius 1 is 0.535 bits per heavy atom. The first-order valence-corrected chi connectivity index (χ1v) is 15.3. The van der Waals surface area contributed by atoms with Gasteiger partial charge in [-0.15, -0.1) is 11.3 Å². The summed E-state index contributed by atoms with van der Waals surface area (Å²) in [5.41, 5.74) is 6.21. The van der Waals surface area contributed by atoms with Gasteiger partial charge in [0.25, 0.3) is 0 Å². The molecule has 0 saturated heterocycles. The van der Waals surface area contributed by atoms with E-state index in [1.165, 1.54) is 58.1 Å². The number of fused-ring (bicyclic) bond motifs is 10. The van der Waals surface area contributed by atoms with Gasteiger partial charge in [-0.25, -0.2) is 4.98 Å². The molecule has 0 atom stereocenters. The quantitative estimate of drug-likeness (QED) is 0.208. The number of hydrogen-bond donors (Lipinski definition) is 0. The summed E-state index contributed by atoms with van der Waals surface area (Å²) >= 11 is 1.79. The van der Waals surface area contributed by atoms with E-state index in [0.29, 0.717) is 5.89 Å². The van der Waals surface area contributed by atoms with Crippen molar-refractivity contribution in [3.8, 4) is 17.1 Å². The van der Waals surface area contributed by atoms with E-state index >= 15 is 0 Å². The highest BCUT2D eigenvalue weighted by Crippen LogP contribution is 2.41. The molecule has 3 heterocycles. The third-order valence-corrected chi connectivity index (χ3v) is 9.90. The summed E-state index contributed by atoms with van der Waals surface area (Å²) in [6, 6.07) is 47.9. The lowest BCUT2D eigenvalue weighted by atomic mass is 10.0. The molecule has 3 nitrogen and oxygen atoms in total. The summed E-state index contributed by atoms with van der Waals surface area (Å²) < 4.78 is 11.4. The molecule has 0 bridgehead atoms. The van der Waals surface area contributed by atoms with Crippen molar-refractivity contribution in [2.75, 3.05) is 0 Å². The van der Waals surface area contributed by atoms with Gasteiger partial charge in [0, 0.05) is 42.2 Å². The second-order valence-corrected chi connectivity index (χ2v) is 12.3. The lowest BCUT2D eigenvalue weighted by molar-refractivity contribution is 0.623. The molecule has 0 amide bonds. The van der Waals surface area contributed by atoms with Crippen LogP contribution in [0, 0.1) is 0 Å². The monoisotopic (exact) mass is 566 g/mol. The maximum atomic E-state index is 6.49. The standard InChI is InChI=1S/C39H22N2OS/c1-3-9-26-21-33-30(19-24(26)7-1)31-20-25-8-2-4-10-27(25)22-34(31)41(33)28-15-13-23(14-16-28)39-40-32-17-18-36-37(38(32)42-39)29-11-5-6-12-35(29)43-36/h1-22H. The van der Waals surface area contributed by atoms with E-state index in [9.17, 15) is 0 Å². The smallest absolute Gasteiger partial charge is 0.227 e. The highest BCUT2D eigenvalue weighted by atomic mass is 32.1. The van der Waals surface area contributed by atoms with Crippen molar-refractivity contribution >= 4 is 86.0 Å². The Kier molecular flexibility index (Phi) is 4.60. The molecule has 0 aliphatic carbocycles. The van der Waals surface area contributed by atoms with Crippen LogP contribution >= 0.6 is 11.3 Å². The van der Waals surface area contributed by atoms with Gasteiger partial charge in [0.2, 0.25) is 5.89 Å². The first kappa shape index (κ1) is 23.1. The van der Waals surface area contributed by atoms with Crippen LogP contribution in [0.2, 0.25) is 0 Å². The molecule has 0 saturated carbocycles.